The van der Waals surface area contributed by atoms with Gasteiger partial charge in [-0.25, -0.2) is 4.98 Å². The van der Waals surface area contributed by atoms with Crippen LogP contribution in [-0.2, 0) is 0 Å². The van der Waals surface area contributed by atoms with Gasteiger partial charge in [-0.05, 0) is 24.3 Å². The molecule has 108 valence electrons. The van der Waals surface area contributed by atoms with E-state index >= 15 is 0 Å². The summed E-state index contributed by atoms with van der Waals surface area (Å²) in [5, 5.41) is 8.03. The van der Waals surface area contributed by atoms with Crippen molar-refractivity contribution >= 4 is 69.6 Å². The van der Waals surface area contributed by atoms with E-state index in [-0.39, 0.29) is 18.2 Å². The number of pyridine rings is 1. The van der Waals surface area contributed by atoms with Crippen molar-refractivity contribution in [1.29, 1.82) is 0 Å². The lowest BCUT2D eigenvalue weighted by atomic mass is 10.3. The normalized spacial score (nSPS) is 9.50. The molecule has 0 saturated carbocycles. The van der Waals surface area contributed by atoms with Gasteiger partial charge in [-0.2, -0.15) is 5.11 Å². The number of hydrogen-bond donors (Lipinski definition) is 2. The molecular weight excluding hydrogens is 412 g/mol. The summed E-state index contributed by atoms with van der Waals surface area (Å²) in [4.78, 5) is 3.89. The van der Waals surface area contributed by atoms with Gasteiger partial charge in [0.25, 0.3) is 0 Å². The summed E-state index contributed by atoms with van der Waals surface area (Å²) in [7, 11) is 0. The predicted molar refractivity (Wildman–Crippen MR) is 95.7 cm³/mol. The highest BCUT2D eigenvalue weighted by Crippen LogP contribution is 2.23. The van der Waals surface area contributed by atoms with Gasteiger partial charge in [0, 0.05) is 0 Å². The van der Waals surface area contributed by atoms with Gasteiger partial charge in [0.15, 0.2) is 5.82 Å². The van der Waals surface area contributed by atoms with Crippen LogP contribution in [0.2, 0.25) is 0 Å². The maximum atomic E-state index is 5.64. The van der Waals surface area contributed by atoms with Gasteiger partial charge < -0.3 is 11.5 Å². The van der Waals surface area contributed by atoms with Gasteiger partial charge in [-0.3, -0.25) is 0 Å². The molecule has 0 radical (unpaired) electrons. The number of benzene rings is 1. The Labute approximate surface area is 142 Å². The number of aromatic nitrogens is 1. The van der Waals surface area contributed by atoms with E-state index in [2.05, 4.69) is 37.8 Å². The molecule has 0 amide bonds. The molecule has 1 aromatic heterocycles. The average Bonchev–Trinajstić information content (AvgIpc) is 2.40. The Morgan fingerprint density at radius 1 is 1.05 bits per heavy atom. The van der Waals surface area contributed by atoms with Crippen LogP contribution in [0.15, 0.2) is 52.7 Å². The fourth-order valence-corrected chi connectivity index (χ4v) is 1.17. The molecule has 0 saturated heterocycles. The molecule has 0 unspecified atom stereocenters. The molecule has 5 nitrogen and oxygen atoms in total. The minimum absolute atomic E-state index is 0. The molecule has 0 aliphatic rings. The Morgan fingerprint density at radius 2 is 1.65 bits per heavy atom. The zero-order valence-electron chi connectivity index (χ0n) is 10.4. The predicted octanol–water partition coefficient (Wildman–Crippen LogP) is 4.70. The van der Waals surface area contributed by atoms with E-state index in [1.165, 1.54) is 0 Å². The van der Waals surface area contributed by atoms with Crippen molar-refractivity contribution in [2.45, 2.75) is 0 Å². The second-order valence-corrected chi connectivity index (χ2v) is 5.21. The van der Waals surface area contributed by atoms with E-state index in [1.807, 2.05) is 30.3 Å². The van der Waals surface area contributed by atoms with Crippen molar-refractivity contribution in [2.75, 3.05) is 15.4 Å². The van der Waals surface area contributed by atoms with Crippen LogP contribution in [0.3, 0.4) is 0 Å². The number of anilines is 2. The molecule has 0 atom stereocenters. The minimum Gasteiger partial charge on any atom is -0.384 e. The number of halogens is 3. The third kappa shape index (κ3) is 6.88. The van der Waals surface area contributed by atoms with E-state index in [0.717, 1.165) is 5.69 Å². The summed E-state index contributed by atoms with van der Waals surface area (Å²) in [6.07, 6.45) is 0. The van der Waals surface area contributed by atoms with Crippen molar-refractivity contribution in [1.82, 2.24) is 4.98 Å². The van der Waals surface area contributed by atoms with Crippen LogP contribution in [0, 0.1) is 0 Å². The number of alkyl halides is 2. The second-order valence-electron chi connectivity index (χ2n) is 3.28. The summed E-state index contributed by atoms with van der Waals surface area (Å²) < 4.78 is 0.692. The molecule has 0 aliphatic carbocycles. The zero-order valence-corrected chi connectivity index (χ0v) is 14.1. The van der Waals surface area contributed by atoms with E-state index in [4.69, 9.17) is 23.1 Å². The highest BCUT2D eigenvalue weighted by atomic mass is 127. The van der Waals surface area contributed by atoms with E-state index in [1.54, 1.807) is 12.1 Å². The maximum Gasteiger partial charge on any atom is 0.153 e. The lowest BCUT2D eigenvalue weighted by molar-refractivity contribution is 1.21. The molecule has 1 aromatic carbocycles. The number of hydrogen-bond acceptors (Lipinski definition) is 5. The van der Waals surface area contributed by atoms with Gasteiger partial charge in [-0.15, -0.1) is 29.1 Å². The van der Waals surface area contributed by atoms with Crippen LogP contribution in [-0.4, -0.2) is 8.87 Å². The fourth-order valence-electron chi connectivity index (χ4n) is 1.17. The monoisotopic (exact) mass is 425 g/mol. The summed E-state index contributed by atoms with van der Waals surface area (Å²) in [5.74, 6) is 0.649. The molecule has 0 spiro atoms. The largest absolute Gasteiger partial charge is 0.384 e. The summed E-state index contributed by atoms with van der Waals surface area (Å²) in [5.41, 5.74) is 12.4. The van der Waals surface area contributed by atoms with Gasteiger partial charge in [0.05, 0.1) is 9.57 Å². The lowest BCUT2D eigenvalue weighted by Gasteiger charge is -1.98. The van der Waals surface area contributed by atoms with Crippen LogP contribution < -0.4 is 11.5 Å². The molecule has 0 fully saturated rings. The Kier molecular flexibility index (Phi) is 10.0. The smallest absolute Gasteiger partial charge is 0.153 e. The quantitative estimate of drug-likeness (QED) is 0.415. The van der Waals surface area contributed by atoms with Crippen LogP contribution in [0.25, 0.3) is 0 Å². The Balaban J connectivity index is 0.000000830. The molecule has 0 bridgehead atoms. The highest BCUT2D eigenvalue weighted by Gasteiger charge is 1.98. The number of azo groups is 1. The number of nitrogen functional groups attached to an aromatic ring is 2. The van der Waals surface area contributed by atoms with Gasteiger partial charge in [0.1, 0.15) is 11.5 Å². The van der Waals surface area contributed by atoms with Crippen molar-refractivity contribution in [3.05, 3.63) is 42.5 Å². The molecule has 2 rings (SSSR count). The maximum absolute atomic E-state index is 5.64. The van der Waals surface area contributed by atoms with Gasteiger partial charge in [0.2, 0.25) is 0 Å². The van der Waals surface area contributed by atoms with Crippen molar-refractivity contribution in [2.24, 2.45) is 10.2 Å². The number of nitrogens with two attached hydrogens (primary N) is 2. The molecule has 0 aliphatic heterocycles. The molecular formula is C12H14Cl2IN5. The zero-order chi connectivity index (χ0) is 14.1. The number of rotatable bonds is 2. The van der Waals surface area contributed by atoms with Crippen molar-refractivity contribution < 1.29 is 0 Å². The topological polar surface area (TPSA) is 89.6 Å². The van der Waals surface area contributed by atoms with E-state index < -0.39 is 0 Å². The second kappa shape index (κ2) is 10.6. The van der Waals surface area contributed by atoms with Crippen LogP contribution in [0.1, 0.15) is 0 Å². The first-order valence-electron chi connectivity index (χ1n) is 5.28. The lowest BCUT2D eigenvalue weighted by Crippen LogP contribution is -1.95. The molecule has 8 heteroatoms. The summed E-state index contributed by atoms with van der Waals surface area (Å²) >= 11 is 7.04. The standard InChI is InChI=1S/C11H11N5.CH2ClI.ClH/c12-10-7-6-9(11(13)14-10)16-15-8-4-2-1-3-5-8;2-1-3;/h1-7H,(H4,12,13,14);1H2;1H/b16-15+;;. The molecule has 4 N–H and O–H groups in total. The highest BCUT2D eigenvalue weighted by molar-refractivity contribution is 14.1. The van der Waals surface area contributed by atoms with E-state index in [9.17, 15) is 0 Å². The minimum atomic E-state index is 0. The van der Waals surface area contributed by atoms with Crippen LogP contribution >= 0.6 is 46.6 Å². The average molecular weight is 426 g/mol. The Bertz CT molecular complexity index is 537. The van der Waals surface area contributed by atoms with E-state index in [0.29, 0.717) is 15.4 Å². The Hall–Kier alpha value is -1.12. The third-order valence-electron chi connectivity index (χ3n) is 1.95. The molecule has 2 aromatic rings. The Morgan fingerprint density at radius 3 is 2.20 bits per heavy atom. The van der Waals surface area contributed by atoms with Crippen molar-refractivity contribution in [3.8, 4) is 0 Å². The first-order valence-corrected chi connectivity index (χ1v) is 7.34. The molecule has 1 heterocycles. The number of nitrogens with zero attached hydrogens (tertiary/aromatic N) is 3. The summed E-state index contributed by atoms with van der Waals surface area (Å²) in [6, 6.07) is 12.7. The first-order chi connectivity index (χ1) is 9.17. The van der Waals surface area contributed by atoms with Crippen LogP contribution in [0.5, 0.6) is 0 Å². The fraction of sp³-hybridized carbons (Fsp3) is 0.0833. The molecule has 20 heavy (non-hydrogen) atoms. The van der Waals surface area contributed by atoms with Gasteiger partial charge >= 0.3 is 0 Å². The summed E-state index contributed by atoms with van der Waals surface area (Å²) in [6.45, 7) is 0. The third-order valence-corrected chi connectivity index (χ3v) is 1.95. The SMILES string of the molecule is Cl.ClCI.Nc1ccc(/N=N/c2ccccc2)c(N)n1. The van der Waals surface area contributed by atoms with Crippen LogP contribution in [0.4, 0.5) is 23.0 Å². The van der Waals surface area contributed by atoms with Crippen molar-refractivity contribution in [3.63, 3.8) is 0 Å². The van der Waals surface area contributed by atoms with Gasteiger partial charge in [-0.1, -0.05) is 40.8 Å². The first kappa shape index (κ1) is 18.9.